The zero-order valence-corrected chi connectivity index (χ0v) is 8.80. The van der Waals surface area contributed by atoms with Crippen LogP contribution in [-0.2, 0) is 9.59 Å². The number of hydrogen-bond donors (Lipinski definition) is 1. The summed E-state index contributed by atoms with van der Waals surface area (Å²) in [6, 6.07) is 9.74. The van der Waals surface area contributed by atoms with Gasteiger partial charge in [0.05, 0.1) is 0 Å². The van der Waals surface area contributed by atoms with Crippen LogP contribution in [0.3, 0.4) is 0 Å². The molecule has 0 radical (unpaired) electrons. The zero-order valence-electron chi connectivity index (χ0n) is 8.80. The van der Waals surface area contributed by atoms with Gasteiger partial charge in [0.15, 0.2) is 0 Å². The monoisotopic (exact) mass is 219 g/mol. The Morgan fingerprint density at radius 3 is 2.69 bits per heavy atom. The van der Waals surface area contributed by atoms with E-state index in [0.29, 0.717) is 13.0 Å². The van der Waals surface area contributed by atoms with E-state index in [4.69, 9.17) is 5.11 Å². The molecule has 4 nitrogen and oxygen atoms in total. The molecule has 1 amide bonds. The van der Waals surface area contributed by atoms with Gasteiger partial charge in [0, 0.05) is 18.9 Å². The van der Waals surface area contributed by atoms with Crippen molar-refractivity contribution in [3.63, 3.8) is 0 Å². The normalized spacial score (nSPS) is 20.1. The van der Waals surface area contributed by atoms with Crippen LogP contribution in [0.2, 0.25) is 0 Å². The minimum absolute atomic E-state index is 0.0729. The van der Waals surface area contributed by atoms with Crippen molar-refractivity contribution in [1.29, 1.82) is 0 Å². The van der Waals surface area contributed by atoms with Gasteiger partial charge >= 0.3 is 5.97 Å². The standard InChI is InChI=1S/C12H13NO3/c14-11-6-10(7-13(11)8-12(15)16)9-4-2-1-3-5-9/h1-5,10H,6-8H2,(H,15,16). The number of nitrogens with zero attached hydrogens (tertiary/aromatic N) is 1. The summed E-state index contributed by atoms with van der Waals surface area (Å²) in [6.07, 6.45) is 0.414. The van der Waals surface area contributed by atoms with Crippen molar-refractivity contribution in [3.8, 4) is 0 Å². The van der Waals surface area contributed by atoms with Gasteiger partial charge in [0.2, 0.25) is 5.91 Å². The van der Waals surface area contributed by atoms with Crippen LogP contribution in [0.25, 0.3) is 0 Å². The first-order valence-corrected chi connectivity index (χ1v) is 5.21. The van der Waals surface area contributed by atoms with Gasteiger partial charge in [0.1, 0.15) is 6.54 Å². The van der Waals surface area contributed by atoms with Gasteiger partial charge in [-0.15, -0.1) is 0 Å². The third-order valence-corrected chi connectivity index (χ3v) is 2.81. The Labute approximate surface area is 93.5 Å². The lowest BCUT2D eigenvalue weighted by atomic mass is 9.99. The number of carboxylic acids is 1. The Bertz CT molecular complexity index is 402. The molecular weight excluding hydrogens is 206 g/mol. The number of likely N-dealkylation sites (tertiary alicyclic amines) is 1. The highest BCUT2D eigenvalue weighted by molar-refractivity contribution is 5.84. The number of benzene rings is 1. The summed E-state index contributed by atoms with van der Waals surface area (Å²) >= 11 is 0. The molecule has 1 saturated heterocycles. The highest BCUT2D eigenvalue weighted by Crippen LogP contribution is 2.27. The molecule has 0 aromatic heterocycles. The Morgan fingerprint density at radius 1 is 1.38 bits per heavy atom. The lowest BCUT2D eigenvalue weighted by molar-refractivity contribution is -0.142. The van der Waals surface area contributed by atoms with Crippen LogP contribution in [0, 0.1) is 0 Å². The average molecular weight is 219 g/mol. The molecule has 0 spiro atoms. The lowest BCUT2D eigenvalue weighted by Crippen LogP contribution is -2.30. The second kappa shape index (κ2) is 4.35. The third-order valence-electron chi connectivity index (χ3n) is 2.81. The fourth-order valence-corrected chi connectivity index (χ4v) is 2.04. The Morgan fingerprint density at radius 2 is 2.06 bits per heavy atom. The largest absolute Gasteiger partial charge is 0.480 e. The van der Waals surface area contributed by atoms with Gasteiger partial charge in [0.25, 0.3) is 0 Å². The second-order valence-electron chi connectivity index (χ2n) is 3.98. The van der Waals surface area contributed by atoms with Gasteiger partial charge in [-0.25, -0.2) is 0 Å². The molecule has 0 aliphatic carbocycles. The van der Waals surface area contributed by atoms with Gasteiger partial charge in [-0.3, -0.25) is 9.59 Å². The van der Waals surface area contributed by atoms with Crippen molar-refractivity contribution in [3.05, 3.63) is 35.9 Å². The summed E-state index contributed by atoms with van der Waals surface area (Å²) < 4.78 is 0. The molecule has 1 N–H and O–H groups in total. The lowest BCUT2D eigenvalue weighted by Gasteiger charge is -2.13. The van der Waals surface area contributed by atoms with E-state index in [2.05, 4.69) is 0 Å². The van der Waals surface area contributed by atoms with Crippen LogP contribution in [-0.4, -0.2) is 35.0 Å². The van der Waals surface area contributed by atoms with Crippen molar-refractivity contribution >= 4 is 11.9 Å². The molecule has 1 fully saturated rings. The van der Waals surface area contributed by atoms with Gasteiger partial charge < -0.3 is 10.0 Å². The highest BCUT2D eigenvalue weighted by Gasteiger charge is 2.31. The van der Waals surface area contributed by atoms with E-state index in [1.165, 1.54) is 4.90 Å². The Hall–Kier alpha value is -1.84. The Balaban J connectivity index is 2.07. The molecule has 1 aromatic rings. The molecule has 1 aliphatic heterocycles. The summed E-state index contributed by atoms with van der Waals surface area (Å²) in [5.41, 5.74) is 1.10. The number of hydrogen-bond acceptors (Lipinski definition) is 2. The van der Waals surface area contributed by atoms with Gasteiger partial charge in [-0.2, -0.15) is 0 Å². The maximum Gasteiger partial charge on any atom is 0.323 e. The number of aliphatic carboxylic acids is 1. The molecule has 1 atom stereocenters. The Kier molecular flexibility index (Phi) is 2.90. The zero-order chi connectivity index (χ0) is 11.5. The minimum atomic E-state index is -0.956. The fraction of sp³-hybridized carbons (Fsp3) is 0.333. The molecule has 0 bridgehead atoms. The first-order chi connectivity index (χ1) is 7.66. The van der Waals surface area contributed by atoms with Crippen LogP contribution in [0.15, 0.2) is 30.3 Å². The van der Waals surface area contributed by atoms with E-state index < -0.39 is 5.97 Å². The third kappa shape index (κ3) is 2.21. The van der Waals surface area contributed by atoms with Crippen LogP contribution >= 0.6 is 0 Å². The van der Waals surface area contributed by atoms with Crippen LogP contribution < -0.4 is 0 Å². The molecule has 1 aliphatic rings. The second-order valence-corrected chi connectivity index (χ2v) is 3.98. The van der Waals surface area contributed by atoms with Gasteiger partial charge in [-0.1, -0.05) is 30.3 Å². The van der Waals surface area contributed by atoms with E-state index in [0.717, 1.165) is 5.56 Å². The highest BCUT2D eigenvalue weighted by atomic mass is 16.4. The first-order valence-electron chi connectivity index (χ1n) is 5.21. The van der Waals surface area contributed by atoms with E-state index >= 15 is 0 Å². The fourth-order valence-electron chi connectivity index (χ4n) is 2.04. The van der Waals surface area contributed by atoms with Crippen molar-refractivity contribution in [1.82, 2.24) is 4.90 Å². The molecule has 0 saturated carbocycles. The van der Waals surface area contributed by atoms with Crippen molar-refractivity contribution in [2.24, 2.45) is 0 Å². The summed E-state index contributed by atoms with van der Waals surface area (Å²) in [5.74, 6) is -0.897. The topological polar surface area (TPSA) is 57.6 Å². The number of amides is 1. The summed E-state index contributed by atoms with van der Waals surface area (Å²) in [7, 11) is 0. The molecular formula is C12H13NO3. The molecule has 1 heterocycles. The maximum absolute atomic E-state index is 11.6. The summed E-state index contributed by atoms with van der Waals surface area (Å²) in [5, 5.41) is 8.65. The van der Waals surface area contributed by atoms with E-state index in [1.54, 1.807) is 0 Å². The molecule has 1 aromatic carbocycles. The molecule has 84 valence electrons. The summed E-state index contributed by atoms with van der Waals surface area (Å²) in [4.78, 5) is 23.5. The van der Waals surface area contributed by atoms with Crippen LogP contribution in [0.1, 0.15) is 17.9 Å². The quantitative estimate of drug-likeness (QED) is 0.827. The number of carbonyl (C=O) groups is 2. The van der Waals surface area contributed by atoms with Crippen molar-refractivity contribution in [2.45, 2.75) is 12.3 Å². The average Bonchev–Trinajstić information content (AvgIpc) is 2.61. The summed E-state index contributed by atoms with van der Waals surface area (Å²) in [6.45, 7) is 0.317. The van der Waals surface area contributed by atoms with E-state index in [-0.39, 0.29) is 18.4 Å². The molecule has 2 rings (SSSR count). The number of carbonyl (C=O) groups excluding carboxylic acids is 1. The molecule has 4 heteroatoms. The number of carboxylic acid groups (broad SMARTS) is 1. The van der Waals surface area contributed by atoms with Crippen LogP contribution in [0.4, 0.5) is 0 Å². The van der Waals surface area contributed by atoms with Crippen molar-refractivity contribution < 1.29 is 14.7 Å². The van der Waals surface area contributed by atoms with E-state index in [9.17, 15) is 9.59 Å². The predicted molar refractivity (Wildman–Crippen MR) is 58.0 cm³/mol. The molecule has 16 heavy (non-hydrogen) atoms. The maximum atomic E-state index is 11.6. The SMILES string of the molecule is O=C(O)CN1CC(c2ccccc2)CC1=O. The predicted octanol–water partition coefficient (Wildman–Crippen LogP) is 1.09. The van der Waals surface area contributed by atoms with Gasteiger partial charge in [-0.05, 0) is 5.56 Å². The minimum Gasteiger partial charge on any atom is -0.480 e. The number of rotatable bonds is 3. The van der Waals surface area contributed by atoms with Crippen molar-refractivity contribution in [2.75, 3.05) is 13.1 Å². The van der Waals surface area contributed by atoms with Crippen LogP contribution in [0.5, 0.6) is 0 Å². The smallest absolute Gasteiger partial charge is 0.323 e. The molecule has 1 unspecified atom stereocenters. The first kappa shape index (κ1) is 10.7. The van der Waals surface area contributed by atoms with E-state index in [1.807, 2.05) is 30.3 Å².